The topological polar surface area (TPSA) is 17.1 Å². The molecule has 0 bridgehead atoms. The van der Waals surface area contributed by atoms with Gasteiger partial charge in [-0.15, -0.1) is 11.6 Å². The number of rotatable bonds is 3. The van der Waals surface area contributed by atoms with Gasteiger partial charge in [0, 0.05) is 10.5 Å². The van der Waals surface area contributed by atoms with Crippen molar-refractivity contribution in [1.29, 1.82) is 0 Å². The first kappa shape index (κ1) is 13.2. The number of alkyl halides is 1. The van der Waals surface area contributed by atoms with Crippen molar-refractivity contribution in [3.05, 3.63) is 30.3 Å². The van der Waals surface area contributed by atoms with Gasteiger partial charge in [-0.2, -0.15) is 0 Å². The standard InChI is InChI=1S/C11H16ClOPS/c1-11(2,3)14(13,15-9-12)10-7-5-4-6-8-10/h4-8H,9H2,1-3H3. The Hall–Kier alpha value is 0.0900. The highest BCUT2D eigenvalue weighted by Crippen LogP contribution is 2.66. The third kappa shape index (κ3) is 2.81. The summed E-state index contributed by atoms with van der Waals surface area (Å²) in [5.74, 6) is 0. The molecular formula is C11H16ClOPS. The van der Waals surface area contributed by atoms with E-state index in [4.69, 9.17) is 11.6 Å². The number of hydrogen-bond donors (Lipinski definition) is 0. The lowest BCUT2D eigenvalue weighted by molar-refractivity contribution is 0.568. The van der Waals surface area contributed by atoms with Gasteiger partial charge in [0.1, 0.15) is 0 Å². The molecule has 84 valence electrons. The molecule has 0 spiro atoms. The molecule has 1 unspecified atom stereocenters. The molecule has 0 aromatic heterocycles. The van der Waals surface area contributed by atoms with E-state index >= 15 is 0 Å². The van der Waals surface area contributed by atoms with Crippen molar-refractivity contribution in [2.75, 3.05) is 5.21 Å². The van der Waals surface area contributed by atoms with Crippen molar-refractivity contribution in [3.8, 4) is 0 Å². The molecule has 0 heterocycles. The smallest absolute Gasteiger partial charge is 0.173 e. The van der Waals surface area contributed by atoms with Crippen molar-refractivity contribution in [2.24, 2.45) is 0 Å². The molecule has 0 saturated heterocycles. The Kier molecular flexibility index (Phi) is 4.34. The maximum absolute atomic E-state index is 12.9. The van der Waals surface area contributed by atoms with Crippen molar-refractivity contribution in [1.82, 2.24) is 0 Å². The summed E-state index contributed by atoms with van der Waals surface area (Å²) in [6, 6.07) is 9.62. The van der Waals surface area contributed by atoms with Crippen LogP contribution in [0.2, 0.25) is 0 Å². The van der Waals surface area contributed by atoms with Crippen molar-refractivity contribution >= 4 is 34.6 Å². The van der Waals surface area contributed by atoms with E-state index in [0.717, 1.165) is 5.30 Å². The van der Waals surface area contributed by atoms with Gasteiger partial charge in [0.05, 0.1) is 5.21 Å². The van der Waals surface area contributed by atoms with Crippen LogP contribution in [-0.4, -0.2) is 10.4 Å². The van der Waals surface area contributed by atoms with Crippen LogP contribution in [0.3, 0.4) is 0 Å². The number of hydrogen-bond acceptors (Lipinski definition) is 2. The molecule has 1 rings (SSSR count). The summed E-state index contributed by atoms with van der Waals surface area (Å²) in [5, 5.41) is 1.01. The fourth-order valence-electron chi connectivity index (χ4n) is 1.35. The Morgan fingerprint density at radius 2 is 1.80 bits per heavy atom. The van der Waals surface area contributed by atoms with Gasteiger partial charge in [-0.3, -0.25) is 0 Å². The van der Waals surface area contributed by atoms with Crippen LogP contribution < -0.4 is 5.30 Å². The average molecular weight is 263 g/mol. The van der Waals surface area contributed by atoms with Gasteiger partial charge in [-0.25, -0.2) is 0 Å². The third-order valence-electron chi connectivity index (χ3n) is 2.21. The van der Waals surface area contributed by atoms with Crippen LogP contribution in [-0.2, 0) is 4.57 Å². The fourth-order valence-corrected chi connectivity index (χ4v) is 6.98. The molecule has 0 aliphatic carbocycles. The second-order valence-electron chi connectivity index (χ2n) is 4.30. The molecular weight excluding hydrogens is 247 g/mol. The van der Waals surface area contributed by atoms with Crippen LogP contribution in [0.1, 0.15) is 20.8 Å². The zero-order valence-corrected chi connectivity index (χ0v) is 11.7. The predicted molar refractivity (Wildman–Crippen MR) is 71.7 cm³/mol. The molecule has 1 nitrogen and oxygen atoms in total. The van der Waals surface area contributed by atoms with Gasteiger partial charge in [-0.1, -0.05) is 62.5 Å². The second kappa shape index (κ2) is 4.95. The largest absolute Gasteiger partial charge is 0.306 e. The van der Waals surface area contributed by atoms with Gasteiger partial charge in [0.25, 0.3) is 0 Å². The highest BCUT2D eigenvalue weighted by molar-refractivity contribution is 8.61. The SMILES string of the molecule is CC(C)(C)P(=O)(SCCl)c1ccccc1. The van der Waals surface area contributed by atoms with Gasteiger partial charge in [-0.05, 0) is 0 Å². The van der Waals surface area contributed by atoms with E-state index in [2.05, 4.69) is 0 Å². The lowest BCUT2D eigenvalue weighted by atomic mass is 10.3. The van der Waals surface area contributed by atoms with E-state index in [9.17, 15) is 4.57 Å². The third-order valence-corrected chi connectivity index (χ3v) is 9.95. The summed E-state index contributed by atoms with van der Waals surface area (Å²) in [7, 11) is 0. The number of benzene rings is 1. The summed E-state index contributed by atoms with van der Waals surface area (Å²) in [6.07, 6.45) is -2.47. The molecule has 4 heteroatoms. The first-order valence-electron chi connectivity index (χ1n) is 4.78. The molecule has 0 amide bonds. The maximum atomic E-state index is 12.9. The minimum atomic E-state index is -2.47. The summed E-state index contributed by atoms with van der Waals surface area (Å²) in [5.41, 5.74) is 0. The zero-order valence-electron chi connectivity index (χ0n) is 9.24. The first-order valence-corrected chi connectivity index (χ1v) is 8.61. The molecule has 0 aliphatic rings. The molecule has 1 aromatic rings. The molecule has 15 heavy (non-hydrogen) atoms. The molecule has 0 saturated carbocycles. The van der Waals surface area contributed by atoms with Crippen LogP contribution in [0.25, 0.3) is 0 Å². The summed E-state index contributed by atoms with van der Waals surface area (Å²) < 4.78 is 12.9. The molecule has 0 radical (unpaired) electrons. The molecule has 0 aliphatic heterocycles. The summed E-state index contributed by atoms with van der Waals surface area (Å²) >= 11 is 7.09. The molecule has 0 N–H and O–H groups in total. The van der Waals surface area contributed by atoms with Gasteiger partial charge < -0.3 is 4.57 Å². The van der Waals surface area contributed by atoms with Crippen LogP contribution in [0.4, 0.5) is 0 Å². The maximum Gasteiger partial charge on any atom is 0.173 e. The molecule has 1 aromatic carbocycles. The Bertz CT molecular complexity index is 359. The monoisotopic (exact) mass is 262 g/mol. The Labute approximate surface area is 101 Å². The van der Waals surface area contributed by atoms with E-state index in [0.29, 0.717) is 5.21 Å². The van der Waals surface area contributed by atoms with Crippen LogP contribution in [0.5, 0.6) is 0 Å². The van der Waals surface area contributed by atoms with Crippen molar-refractivity contribution in [3.63, 3.8) is 0 Å². The van der Waals surface area contributed by atoms with E-state index in [-0.39, 0.29) is 5.16 Å². The van der Waals surface area contributed by atoms with Gasteiger partial charge >= 0.3 is 0 Å². The predicted octanol–water partition coefficient (Wildman–Crippen LogP) is 4.32. The highest BCUT2D eigenvalue weighted by Gasteiger charge is 2.38. The lowest BCUT2D eigenvalue weighted by Crippen LogP contribution is -2.21. The van der Waals surface area contributed by atoms with Crippen molar-refractivity contribution < 1.29 is 4.57 Å². The Morgan fingerprint density at radius 3 is 2.20 bits per heavy atom. The summed E-state index contributed by atoms with van der Waals surface area (Å²) in [4.78, 5) is 0. The van der Waals surface area contributed by atoms with E-state index in [1.807, 2.05) is 51.1 Å². The van der Waals surface area contributed by atoms with Crippen LogP contribution in [0.15, 0.2) is 30.3 Å². The Morgan fingerprint density at radius 1 is 1.27 bits per heavy atom. The highest BCUT2D eigenvalue weighted by atomic mass is 35.5. The minimum Gasteiger partial charge on any atom is -0.306 e. The normalized spacial score (nSPS) is 16.0. The number of halogens is 1. The van der Waals surface area contributed by atoms with E-state index in [1.165, 1.54) is 11.4 Å². The van der Waals surface area contributed by atoms with E-state index in [1.54, 1.807) is 0 Å². The molecule has 1 atom stereocenters. The van der Waals surface area contributed by atoms with Crippen LogP contribution in [0, 0.1) is 0 Å². The summed E-state index contributed by atoms with van der Waals surface area (Å²) in [6.45, 7) is 6.00. The van der Waals surface area contributed by atoms with Gasteiger partial charge in [0.15, 0.2) is 6.34 Å². The minimum absolute atomic E-state index is 0.256. The average Bonchev–Trinajstić information content (AvgIpc) is 2.18. The zero-order chi connectivity index (χ0) is 11.5. The fraction of sp³-hybridized carbons (Fsp3) is 0.455. The Balaban J connectivity index is 3.20. The first-order chi connectivity index (χ1) is 6.92. The second-order valence-corrected chi connectivity index (χ2v) is 10.7. The van der Waals surface area contributed by atoms with Gasteiger partial charge in [0.2, 0.25) is 0 Å². The lowest BCUT2D eigenvalue weighted by Gasteiger charge is -2.30. The quantitative estimate of drug-likeness (QED) is 0.596. The molecule has 0 fully saturated rings. The van der Waals surface area contributed by atoms with Crippen molar-refractivity contribution in [2.45, 2.75) is 25.9 Å². The van der Waals surface area contributed by atoms with Crippen LogP contribution >= 0.6 is 29.3 Å². The van der Waals surface area contributed by atoms with E-state index < -0.39 is 6.34 Å².